The van der Waals surface area contributed by atoms with Crippen LogP contribution in [0.4, 0.5) is 11.5 Å². The molecule has 0 spiro atoms. The largest absolute Gasteiger partial charge is 0.385 e. The van der Waals surface area contributed by atoms with E-state index in [2.05, 4.69) is 10.1 Å². The molecule has 32 heavy (non-hydrogen) atoms. The van der Waals surface area contributed by atoms with Gasteiger partial charge in [-0.25, -0.2) is 4.79 Å². The number of carbonyl (C=O) groups excluding carboxylic acids is 1. The summed E-state index contributed by atoms with van der Waals surface area (Å²) in [5.41, 5.74) is 6.37. The SMILES string of the molecule is COCCCN(C(=O)/C=C\c1ccnn1C)c1c(N)n(Cc2ccccc2)c(=O)[nH]c1=O. The average Bonchev–Trinajstić information content (AvgIpc) is 3.19. The summed E-state index contributed by atoms with van der Waals surface area (Å²) >= 11 is 0. The highest BCUT2D eigenvalue weighted by Crippen LogP contribution is 2.19. The highest BCUT2D eigenvalue weighted by atomic mass is 16.5. The first-order chi connectivity index (χ1) is 15.4. The van der Waals surface area contributed by atoms with Gasteiger partial charge in [0.1, 0.15) is 5.82 Å². The molecule has 1 amide bonds. The molecule has 0 fully saturated rings. The van der Waals surface area contributed by atoms with Crippen molar-refractivity contribution in [1.82, 2.24) is 19.3 Å². The molecule has 0 atom stereocenters. The topological polar surface area (TPSA) is 128 Å². The minimum atomic E-state index is -0.725. The third-order valence-electron chi connectivity index (χ3n) is 4.92. The number of rotatable bonds is 9. The zero-order valence-corrected chi connectivity index (χ0v) is 18.0. The zero-order chi connectivity index (χ0) is 23.1. The molecule has 1 aromatic carbocycles. The molecule has 10 heteroatoms. The summed E-state index contributed by atoms with van der Waals surface area (Å²) in [6.07, 6.45) is 5.03. The van der Waals surface area contributed by atoms with Gasteiger partial charge in [-0.3, -0.25) is 23.8 Å². The number of hydrogen-bond donors (Lipinski definition) is 2. The molecule has 10 nitrogen and oxygen atoms in total. The van der Waals surface area contributed by atoms with Crippen LogP contribution in [-0.2, 0) is 23.1 Å². The minimum Gasteiger partial charge on any atom is -0.385 e. The molecule has 0 aliphatic carbocycles. The van der Waals surface area contributed by atoms with Gasteiger partial charge < -0.3 is 15.4 Å². The fourth-order valence-corrected chi connectivity index (χ4v) is 3.25. The highest BCUT2D eigenvalue weighted by Gasteiger charge is 2.23. The number of anilines is 2. The maximum absolute atomic E-state index is 13.1. The number of aryl methyl sites for hydroxylation is 1. The van der Waals surface area contributed by atoms with E-state index in [0.717, 1.165) is 5.56 Å². The fraction of sp³-hybridized carbons (Fsp3) is 0.273. The summed E-state index contributed by atoms with van der Waals surface area (Å²) in [6.45, 7) is 0.718. The van der Waals surface area contributed by atoms with Crippen LogP contribution in [0.3, 0.4) is 0 Å². The number of ether oxygens (including phenoxy) is 1. The van der Waals surface area contributed by atoms with E-state index >= 15 is 0 Å². The summed E-state index contributed by atoms with van der Waals surface area (Å²) in [6, 6.07) is 11.0. The lowest BCUT2D eigenvalue weighted by Crippen LogP contribution is -2.41. The molecule has 3 N–H and O–H groups in total. The Balaban J connectivity index is 2.01. The van der Waals surface area contributed by atoms with Gasteiger partial charge in [-0.2, -0.15) is 5.10 Å². The number of nitrogens with zero attached hydrogens (tertiary/aromatic N) is 4. The number of benzene rings is 1. The Bertz CT molecular complexity index is 1210. The van der Waals surface area contributed by atoms with Crippen LogP contribution in [0, 0.1) is 0 Å². The highest BCUT2D eigenvalue weighted by molar-refractivity contribution is 6.05. The van der Waals surface area contributed by atoms with E-state index in [1.165, 1.54) is 15.5 Å². The Morgan fingerprint density at radius 2 is 2.00 bits per heavy atom. The number of methoxy groups -OCH3 is 1. The van der Waals surface area contributed by atoms with Crippen LogP contribution >= 0.6 is 0 Å². The van der Waals surface area contributed by atoms with Crippen LogP contribution in [0.25, 0.3) is 6.08 Å². The molecule has 0 bridgehead atoms. The Morgan fingerprint density at radius 1 is 1.25 bits per heavy atom. The Labute approximate surface area is 184 Å². The van der Waals surface area contributed by atoms with Gasteiger partial charge >= 0.3 is 5.69 Å². The van der Waals surface area contributed by atoms with Crippen LogP contribution in [0.1, 0.15) is 17.7 Å². The molecule has 0 aliphatic rings. The molecular weight excluding hydrogens is 412 g/mol. The number of nitrogens with two attached hydrogens (primary N) is 1. The van der Waals surface area contributed by atoms with Gasteiger partial charge in [-0.15, -0.1) is 0 Å². The number of aromatic amines is 1. The van der Waals surface area contributed by atoms with E-state index in [0.29, 0.717) is 18.7 Å². The summed E-state index contributed by atoms with van der Waals surface area (Å²) in [5, 5.41) is 4.06. The number of nitrogens with one attached hydrogen (secondary N) is 1. The first-order valence-corrected chi connectivity index (χ1v) is 10.1. The molecule has 0 saturated heterocycles. The van der Waals surface area contributed by atoms with E-state index in [1.54, 1.807) is 37.2 Å². The van der Waals surface area contributed by atoms with Gasteiger partial charge in [0.05, 0.1) is 12.2 Å². The summed E-state index contributed by atoms with van der Waals surface area (Å²) in [7, 11) is 3.30. The van der Waals surface area contributed by atoms with Crippen molar-refractivity contribution in [2.24, 2.45) is 7.05 Å². The molecule has 0 unspecified atom stereocenters. The summed E-state index contributed by atoms with van der Waals surface area (Å²) < 4.78 is 7.94. The normalized spacial score (nSPS) is 11.2. The van der Waals surface area contributed by atoms with Crippen molar-refractivity contribution in [3.05, 3.63) is 80.8 Å². The molecule has 0 radical (unpaired) electrons. The third-order valence-corrected chi connectivity index (χ3v) is 4.92. The number of H-pyrrole nitrogens is 1. The average molecular weight is 438 g/mol. The molecule has 2 aromatic heterocycles. The van der Waals surface area contributed by atoms with E-state index in [4.69, 9.17) is 10.5 Å². The van der Waals surface area contributed by atoms with Crippen molar-refractivity contribution >= 4 is 23.5 Å². The second kappa shape index (κ2) is 10.4. The zero-order valence-electron chi connectivity index (χ0n) is 18.0. The number of carbonyl (C=O) groups is 1. The fourth-order valence-electron chi connectivity index (χ4n) is 3.25. The molecular formula is C22H26N6O4. The molecule has 0 saturated carbocycles. The lowest BCUT2D eigenvalue weighted by Gasteiger charge is -2.23. The van der Waals surface area contributed by atoms with Gasteiger partial charge in [0.15, 0.2) is 5.69 Å². The lowest BCUT2D eigenvalue weighted by molar-refractivity contribution is -0.114. The maximum atomic E-state index is 13.1. The molecule has 3 aromatic rings. The third kappa shape index (κ3) is 5.22. The Kier molecular flexibility index (Phi) is 7.40. The van der Waals surface area contributed by atoms with Gasteiger partial charge in [-0.1, -0.05) is 30.3 Å². The Hall–Kier alpha value is -3.92. The van der Waals surface area contributed by atoms with Gasteiger partial charge in [0, 0.05) is 39.6 Å². The maximum Gasteiger partial charge on any atom is 0.330 e. The molecule has 2 heterocycles. The summed E-state index contributed by atoms with van der Waals surface area (Å²) in [5.74, 6) is -0.535. The van der Waals surface area contributed by atoms with Crippen molar-refractivity contribution in [3.63, 3.8) is 0 Å². The van der Waals surface area contributed by atoms with Gasteiger partial charge in [-0.05, 0) is 24.1 Å². The monoisotopic (exact) mass is 438 g/mol. The first kappa shape index (κ1) is 22.8. The number of amides is 1. The predicted octanol–water partition coefficient (Wildman–Crippen LogP) is 0.984. The van der Waals surface area contributed by atoms with Gasteiger partial charge in [0.25, 0.3) is 11.5 Å². The Morgan fingerprint density at radius 3 is 2.66 bits per heavy atom. The van der Waals surface area contributed by atoms with E-state index in [9.17, 15) is 14.4 Å². The van der Waals surface area contributed by atoms with Crippen molar-refractivity contribution in [1.29, 1.82) is 0 Å². The lowest BCUT2D eigenvalue weighted by atomic mass is 10.2. The number of hydrogen-bond acceptors (Lipinski definition) is 6. The first-order valence-electron chi connectivity index (χ1n) is 10.1. The van der Waals surface area contributed by atoms with Crippen molar-refractivity contribution in [2.45, 2.75) is 13.0 Å². The molecule has 168 valence electrons. The second-order valence-corrected chi connectivity index (χ2v) is 7.11. The van der Waals surface area contributed by atoms with Crippen LogP contribution in [0.2, 0.25) is 0 Å². The van der Waals surface area contributed by atoms with Crippen LogP contribution in [0.5, 0.6) is 0 Å². The molecule has 0 aliphatic heterocycles. The smallest absolute Gasteiger partial charge is 0.330 e. The van der Waals surface area contributed by atoms with Crippen molar-refractivity contribution in [3.8, 4) is 0 Å². The molecule has 3 rings (SSSR count). The number of aromatic nitrogens is 4. The van der Waals surface area contributed by atoms with Crippen LogP contribution in [-0.4, -0.2) is 45.5 Å². The predicted molar refractivity (Wildman–Crippen MR) is 122 cm³/mol. The van der Waals surface area contributed by atoms with Gasteiger partial charge in [0.2, 0.25) is 0 Å². The summed E-state index contributed by atoms with van der Waals surface area (Å²) in [4.78, 5) is 41.8. The minimum absolute atomic E-state index is 0.0729. The standard InChI is InChI=1S/C22H26N6O4/c1-26-17(11-12-24-26)9-10-18(29)27(13-6-14-32-2)19-20(23)28(22(31)25-21(19)30)15-16-7-4-3-5-8-16/h3-5,7-12H,6,13-15,23H2,1-2H3,(H,25,30,31)/b10-9-. The number of nitrogen functional groups attached to an aromatic ring is 1. The van der Waals surface area contributed by atoms with E-state index in [-0.39, 0.29) is 24.6 Å². The van der Waals surface area contributed by atoms with E-state index in [1.807, 2.05) is 30.3 Å². The van der Waals surface area contributed by atoms with Crippen LogP contribution in [0.15, 0.2) is 58.3 Å². The quantitative estimate of drug-likeness (QED) is 0.379. The second-order valence-electron chi connectivity index (χ2n) is 7.11. The van der Waals surface area contributed by atoms with Crippen LogP contribution < -0.4 is 21.9 Å². The van der Waals surface area contributed by atoms with E-state index < -0.39 is 17.2 Å². The van der Waals surface area contributed by atoms with Crippen molar-refractivity contribution in [2.75, 3.05) is 30.9 Å². The van der Waals surface area contributed by atoms with Crippen molar-refractivity contribution < 1.29 is 9.53 Å².